The summed E-state index contributed by atoms with van der Waals surface area (Å²) in [4.78, 5) is 2.45. The van der Waals surface area contributed by atoms with E-state index in [2.05, 4.69) is 17.0 Å². The smallest absolute Gasteiger partial charge is 0.101 e. The molecule has 0 radical (unpaired) electrons. The van der Waals surface area contributed by atoms with Gasteiger partial charge >= 0.3 is 0 Å². The van der Waals surface area contributed by atoms with E-state index in [9.17, 15) is 5.26 Å². The summed E-state index contributed by atoms with van der Waals surface area (Å²) in [5.74, 6) is 1.32. The Hall–Kier alpha value is -1.20. The molecule has 0 N–H and O–H groups in total. The van der Waals surface area contributed by atoms with E-state index < -0.39 is 0 Å². The summed E-state index contributed by atoms with van der Waals surface area (Å²) in [7, 11) is 0. The normalized spacial score (nSPS) is 18.4. The Morgan fingerprint density at radius 2 is 2.06 bits per heavy atom. The maximum absolute atomic E-state index is 9.32. The van der Waals surface area contributed by atoms with E-state index in [1.165, 1.54) is 25.7 Å². The molecule has 0 heterocycles. The highest BCUT2D eigenvalue weighted by Crippen LogP contribution is 2.39. The van der Waals surface area contributed by atoms with Crippen molar-refractivity contribution in [3.05, 3.63) is 29.3 Å². The Kier molecular flexibility index (Phi) is 3.18. The van der Waals surface area contributed by atoms with Gasteiger partial charge in [-0.1, -0.05) is 6.07 Å². The van der Waals surface area contributed by atoms with Crippen molar-refractivity contribution in [2.75, 3.05) is 11.4 Å². The van der Waals surface area contributed by atoms with Gasteiger partial charge in [-0.05, 0) is 49.3 Å². The Morgan fingerprint density at radius 3 is 2.61 bits per heavy atom. The largest absolute Gasteiger partial charge is 0.367 e. The van der Waals surface area contributed by atoms with Crippen LogP contribution in [0.25, 0.3) is 0 Å². The number of anilines is 1. The number of hydrogen-bond acceptors (Lipinski definition) is 2. The van der Waals surface area contributed by atoms with Gasteiger partial charge in [0.1, 0.15) is 6.07 Å². The molecule has 0 atom stereocenters. The Labute approximate surface area is 113 Å². The molecule has 18 heavy (non-hydrogen) atoms. The van der Waals surface area contributed by atoms with Crippen molar-refractivity contribution in [3.63, 3.8) is 0 Å². The number of hydrogen-bond donors (Lipinski definition) is 0. The van der Waals surface area contributed by atoms with Crippen LogP contribution in [0, 0.1) is 17.2 Å². The lowest BCUT2D eigenvalue weighted by Crippen LogP contribution is -2.28. The van der Waals surface area contributed by atoms with Gasteiger partial charge in [-0.25, -0.2) is 0 Å². The van der Waals surface area contributed by atoms with Crippen LogP contribution < -0.4 is 4.90 Å². The van der Waals surface area contributed by atoms with Crippen LogP contribution in [0.5, 0.6) is 0 Å². The number of alkyl halides is 1. The second kappa shape index (κ2) is 4.82. The molecule has 0 unspecified atom stereocenters. The Bertz CT molecular complexity index is 484. The molecule has 1 aromatic rings. The molecule has 2 nitrogen and oxygen atoms in total. The van der Waals surface area contributed by atoms with Gasteiger partial charge in [-0.3, -0.25) is 0 Å². The zero-order chi connectivity index (χ0) is 12.5. The minimum absolute atomic E-state index is 0.473. The third-order valence-corrected chi connectivity index (χ3v) is 4.09. The summed E-state index contributed by atoms with van der Waals surface area (Å²) in [6.07, 6.45) is 5.25. The summed E-state index contributed by atoms with van der Waals surface area (Å²) in [6, 6.07) is 9.06. The minimum Gasteiger partial charge on any atom is -0.367 e. The van der Waals surface area contributed by atoms with Gasteiger partial charge in [0.2, 0.25) is 0 Å². The average molecular weight is 261 g/mol. The van der Waals surface area contributed by atoms with Crippen LogP contribution in [0.1, 0.15) is 36.8 Å². The van der Waals surface area contributed by atoms with Crippen LogP contribution in [-0.2, 0) is 5.88 Å². The highest BCUT2D eigenvalue weighted by molar-refractivity contribution is 6.17. The van der Waals surface area contributed by atoms with Crippen molar-refractivity contribution >= 4 is 17.3 Å². The summed E-state index contributed by atoms with van der Waals surface area (Å²) in [6.45, 7) is 1.12. The summed E-state index contributed by atoms with van der Waals surface area (Å²) < 4.78 is 0. The van der Waals surface area contributed by atoms with Crippen LogP contribution in [0.4, 0.5) is 5.69 Å². The molecule has 0 saturated heterocycles. The predicted molar refractivity (Wildman–Crippen MR) is 73.8 cm³/mol. The van der Waals surface area contributed by atoms with Crippen molar-refractivity contribution in [1.29, 1.82) is 5.26 Å². The van der Waals surface area contributed by atoms with Gasteiger partial charge in [0.05, 0.1) is 11.3 Å². The molecule has 0 spiro atoms. The van der Waals surface area contributed by atoms with Gasteiger partial charge in [0.15, 0.2) is 0 Å². The number of nitriles is 1. The molecule has 0 aromatic heterocycles. The zero-order valence-corrected chi connectivity index (χ0v) is 11.2. The third-order valence-electron chi connectivity index (χ3n) is 3.78. The second-order valence-electron chi connectivity index (χ2n) is 5.42. The van der Waals surface area contributed by atoms with E-state index >= 15 is 0 Å². The molecular formula is C15H17ClN2. The first-order valence-electron chi connectivity index (χ1n) is 6.67. The molecule has 2 fully saturated rings. The highest BCUT2D eigenvalue weighted by atomic mass is 35.5. The maximum Gasteiger partial charge on any atom is 0.101 e. The molecule has 2 saturated carbocycles. The quantitative estimate of drug-likeness (QED) is 0.756. The van der Waals surface area contributed by atoms with Crippen molar-refractivity contribution in [2.45, 2.75) is 37.6 Å². The summed E-state index contributed by atoms with van der Waals surface area (Å²) in [5.41, 5.74) is 2.92. The van der Waals surface area contributed by atoms with Gasteiger partial charge in [0.25, 0.3) is 0 Å². The monoisotopic (exact) mass is 260 g/mol. The molecule has 0 aliphatic heterocycles. The molecule has 0 bridgehead atoms. The van der Waals surface area contributed by atoms with Gasteiger partial charge < -0.3 is 4.90 Å². The molecule has 2 aliphatic rings. The van der Waals surface area contributed by atoms with E-state index in [1.807, 2.05) is 12.1 Å². The fourth-order valence-corrected chi connectivity index (χ4v) is 2.58. The molecule has 1 aromatic carbocycles. The van der Waals surface area contributed by atoms with Gasteiger partial charge in [-0.15, -0.1) is 11.6 Å². The van der Waals surface area contributed by atoms with Crippen molar-refractivity contribution in [1.82, 2.24) is 0 Å². The Balaban J connectivity index is 1.89. The minimum atomic E-state index is 0.473. The van der Waals surface area contributed by atoms with Crippen LogP contribution >= 0.6 is 11.6 Å². The van der Waals surface area contributed by atoms with Crippen LogP contribution in [0.3, 0.4) is 0 Å². The van der Waals surface area contributed by atoms with Crippen LogP contribution in [0.15, 0.2) is 18.2 Å². The molecular weight excluding hydrogens is 244 g/mol. The van der Waals surface area contributed by atoms with Crippen molar-refractivity contribution in [3.8, 4) is 6.07 Å². The Morgan fingerprint density at radius 1 is 1.28 bits per heavy atom. The van der Waals surface area contributed by atoms with Crippen molar-refractivity contribution in [2.24, 2.45) is 5.92 Å². The van der Waals surface area contributed by atoms with Crippen LogP contribution in [0.2, 0.25) is 0 Å². The predicted octanol–water partition coefficient (Wildman–Crippen LogP) is 3.68. The SMILES string of the molecule is N#Cc1cc(CCl)ccc1N(CC1CC1)C1CC1. The van der Waals surface area contributed by atoms with E-state index in [0.29, 0.717) is 11.9 Å². The van der Waals surface area contributed by atoms with E-state index in [4.69, 9.17) is 11.6 Å². The highest BCUT2D eigenvalue weighted by Gasteiger charge is 2.34. The number of halogens is 1. The molecule has 0 amide bonds. The van der Waals surface area contributed by atoms with E-state index in [-0.39, 0.29) is 0 Å². The fourth-order valence-electron chi connectivity index (χ4n) is 2.42. The first-order chi connectivity index (χ1) is 8.81. The number of nitrogens with zero attached hydrogens (tertiary/aromatic N) is 2. The number of benzene rings is 1. The first kappa shape index (κ1) is 11.9. The second-order valence-corrected chi connectivity index (χ2v) is 5.69. The van der Waals surface area contributed by atoms with E-state index in [1.54, 1.807) is 0 Å². The number of rotatable bonds is 5. The fraction of sp³-hybridized carbons (Fsp3) is 0.533. The van der Waals surface area contributed by atoms with Crippen LogP contribution in [-0.4, -0.2) is 12.6 Å². The lowest BCUT2D eigenvalue weighted by molar-refractivity contribution is 0.718. The molecule has 2 aliphatic carbocycles. The standard InChI is InChI=1S/C15H17ClN2/c16-8-12-3-6-15(13(7-12)9-17)18(14-4-5-14)10-11-1-2-11/h3,6-7,11,14H,1-2,4-5,8,10H2. The van der Waals surface area contributed by atoms with Gasteiger partial charge in [0, 0.05) is 18.5 Å². The topological polar surface area (TPSA) is 27.0 Å². The van der Waals surface area contributed by atoms with Crippen molar-refractivity contribution < 1.29 is 0 Å². The average Bonchev–Trinajstić information content (AvgIpc) is 3.28. The molecule has 3 heteroatoms. The first-order valence-corrected chi connectivity index (χ1v) is 7.21. The lowest BCUT2D eigenvalue weighted by Gasteiger charge is -2.26. The van der Waals surface area contributed by atoms with E-state index in [0.717, 1.165) is 29.3 Å². The maximum atomic E-state index is 9.32. The molecule has 94 valence electrons. The molecule has 3 rings (SSSR count). The van der Waals surface area contributed by atoms with Gasteiger partial charge in [-0.2, -0.15) is 5.26 Å². The summed E-state index contributed by atoms with van der Waals surface area (Å²) >= 11 is 5.83. The zero-order valence-electron chi connectivity index (χ0n) is 10.4. The third kappa shape index (κ3) is 2.47. The summed E-state index contributed by atoms with van der Waals surface area (Å²) in [5, 5.41) is 9.32. The lowest BCUT2D eigenvalue weighted by atomic mass is 10.1.